The topological polar surface area (TPSA) is 81.2 Å². The lowest BCUT2D eigenvalue weighted by atomic mass is 10.1. The predicted molar refractivity (Wildman–Crippen MR) is 71.0 cm³/mol. The molecular weight excluding hydrogens is 246 g/mol. The number of benzene rings is 1. The molecule has 1 aliphatic rings. The second-order valence-electron chi connectivity index (χ2n) is 5.12. The van der Waals surface area contributed by atoms with Gasteiger partial charge in [0, 0.05) is 12.6 Å². The van der Waals surface area contributed by atoms with Gasteiger partial charge in [0.15, 0.2) is 5.58 Å². The lowest BCUT2D eigenvalue weighted by Crippen LogP contribution is -2.12. The van der Waals surface area contributed by atoms with E-state index in [9.17, 15) is 10.1 Å². The molecule has 0 spiro atoms. The van der Waals surface area contributed by atoms with Crippen LogP contribution in [0.3, 0.4) is 0 Å². The van der Waals surface area contributed by atoms with Crippen molar-refractivity contribution in [1.82, 2.24) is 4.98 Å². The first-order valence-electron chi connectivity index (χ1n) is 6.42. The number of oxazole rings is 1. The summed E-state index contributed by atoms with van der Waals surface area (Å²) in [4.78, 5) is 14.5. The molecule has 1 N–H and O–H groups in total. The molecule has 100 valence electrons. The van der Waals surface area contributed by atoms with E-state index in [1.54, 1.807) is 6.07 Å². The van der Waals surface area contributed by atoms with Crippen LogP contribution >= 0.6 is 0 Å². The molecule has 0 amide bonds. The van der Waals surface area contributed by atoms with Crippen LogP contribution in [-0.4, -0.2) is 16.5 Å². The molecular formula is C13H15N3O3. The molecule has 1 fully saturated rings. The Morgan fingerprint density at radius 3 is 3.05 bits per heavy atom. The number of hydrogen-bond donors (Lipinski definition) is 1. The van der Waals surface area contributed by atoms with E-state index in [4.69, 9.17) is 4.42 Å². The first-order chi connectivity index (χ1) is 9.13. The van der Waals surface area contributed by atoms with E-state index in [1.165, 1.54) is 25.0 Å². The van der Waals surface area contributed by atoms with E-state index in [0.29, 0.717) is 23.0 Å². The third-order valence-corrected chi connectivity index (χ3v) is 3.58. The Balaban J connectivity index is 1.75. The Labute approximate surface area is 110 Å². The molecule has 19 heavy (non-hydrogen) atoms. The summed E-state index contributed by atoms with van der Waals surface area (Å²) < 4.78 is 5.48. The monoisotopic (exact) mass is 261 g/mol. The van der Waals surface area contributed by atoms with Crippen molar-refractivity contribution in [3.63, 3.8) is 0 Å². The number of non-ortho nitro benzene ring substituents is 1. The van der Waals surface area contributed by atoms with Crippen molar-refractivity contribution in [1.29, 1.82) is 0 Å². The van der Waals surface area contributed by atoms with Gasteiger partial charge < -0.3 is 9.73 Å². The molecule has 0 bridgehead atoms. The number of nitro benzene ring substituents is 1. The molecule has 1 unspecified atom stereocenters. The number of nitrogens with one attached hydrogen (secondary N) is 1. The van der Waals surface area contributed by atoms with Crippen molar-refractivity contribution in [2.24, 2.45) is 11.8 Å². The van der Waals surface area contributed by atoms with Crippen molar-refractivity contribution in [3.05, 3.63) is 28.3 Å². The molecule has 1 saturated carbocycles. The first kappa shape index (κ1) is 12.0. The molecule has 1 aromatic heterocycles. The summed E-state index contributed by atoms with van der Waals surface area (Å²) in [6.45, 7) is 3.03. The van der Waals surface area contributed by atoms with Gasteiger partial charge in [0.1, 0.15) is 5.52 Å². The second kappa shape index (κ2) is 4.53. The Kier molecular flexibility index (Phi) is 2.85. The van der Waals surface area contributed by atoms with Gasteiger partial charge in [-0.15, -0.1) is 0 Å². The van der Waals surface area contributed by atoms with Gasteiger partial charge in [-0.05, 0) is 30.7 Å². The van der Waals surface area contributed by atoms with Crippen LogP contribution in [0.5, 0.6) is 0 Å². The van der Waals surface area contributed by atoms with Gasteiger partial charge >= 0.3 is 0 Å². The molecule has 1 aliphatic carbocycles. The summed E-state index contributed by atoms with van der Waals surface area (Å²) in [6, 6.07) is 4.87. The summed E-state index contributed by atoms with van der Waals surface area (Å²) in [5.74, 6) is 1.42. The van der Waals surface area contributed by atoms with Crippen LogP contribution in [0.25, 0.3) is 11.1 Å². The van der Waals surface area contributed by atoms with E-state index < -0.39 is 4.92 Å². The van der Waals surface area contributed by atoms with Crippen molar-refractivity contribution in [2.45, 2.75) is 19.8 Å². The fourth-order valence-electron chi connectivity index (χ4n) is 2.18. The largest absolute Gasteiger partial charge is 0.423 e. The van der Waals surface area contributed by atoms with E-state index in [1.807, 2.05) is 0 Å². The first-order valence-corrected chi connectivity index (χ1v) is 6.42. The highest BCUT2D eigenvalue weighted by Crippen LogP contribution is 2.36. The van der Waals surface area contributed by atoms with Crippen molar-refractivity contribution < 1.29 is 9.34 Å². The zero-order valence-corrected chi connectivity index (χ0v) is 10.6. The lowest BCUT2D eigenvalue weighted by molar-refractivity contribution is -0.384. The Bertz CT molecular complexity index is 619. The number of nitro groups is 1. The van der Waals surface area contributed by atoms with Crippen molar-refractivity contribution >= 4 is 22.8 Å². The number of anilines is 1. The van der Waals surface area contributed by atoms with Gasteiger partial charge in [-0.3, -0.25) is 10.1 Å². The fraction of sp³-hybridized carbons (Fsp3) is 0.462. The van der Waals surface area contributed by atoms with E-state index >= 15 is 0 Å². The van der Waals surface area contributed by atoms with Crippen LogP contribution in [0.15, 0.2) is 22.6 Å². The van der Waals surface area contributed by atoms with Crippen molar-refractivity contribution in [2.75, 3.05) is 11.9 Å². The Morgan fingerprint density at radius 1 is 1.58 bits per heavy atom. The van der Waals surface area contributed by atoms with Gasteiger partial charge in [-0.25, -0.2) is 0 Å². The minimum Gasteiger partial charge on any atom is -0.423 e. The summed E-state index contributed by atoms with van der Waals surface area (Å²) in [5.41, 5.74) is 1.09. The highest BCUT2D eigenvalue weighted by atomic mass is 16.6. The van der Waals surface area contributed by atoms with Gasteiger partial charge in [-0.1, -0.05) is 6.92 Å². The molecule has 0 radical (unpaired) electrons. The number of hydrogen-bond acceptors (Lipinski definition) is 5. The molecule has 1 heterocycles. The predicted octanol–water partition coefficient (Wildman–Crippen LogP) is 3.19. The number of aromatic nitrogens is 1. The molecule has 0 saturated heterocycles. The molecule has 0 aliphatic heterocycles. The third-order valence-electron chi connectivity index (χ3n) is 3.58. The lowest BCUT2D eigenvalue weighted by Gasteiger charge is -2.08. The zero-order valence-electron chi connectivity index (χ0n) is 10.6. The van der Waals surface area contributed by atoms with Crippen LogP contribution in [0.2, 0.25) is 0 Å². The molecule has 6 nitrogen and oxygen atoms in total. The standard InChI is InChI=1S/C13H15N3O3/c1-8(9-2-3-9)7-14-13-15-11-5-4-10(16(17)18)6-12(11)19-13/h4-6,8-9H,2-3,7H2,1H3,(H,14,15). The zero-order chi connectivity index (χ0) is 13.4. The molecule has 1 aromatic carbocycles. The summed E-state index contributed by atoms with van der Waals surface area (Å²) >= 11 is 0. The minimum atomic E-state index is -0.440. The molecule has 3 rings (SSSR count). The quantitative estimate of drug-likeness (QED) is 0.660. The van der Waals surface area contributed by atoms with Gasteiger partial charge in [0.05, 0.1) is 11.0 Å². The van der Waals surface area contributed by atoms with Crippen molar-refractivity contribution in [3.8, 4) is 0 Å². The van der Waals surface area contributed by atoms with Gasteiger partial charge in [-0.2, -0.15) is 4.98 Å². The minimum absolute atomic E-state index is 0.0153. The molecule has 1 atom stereocenters. The van der Waals surface area contributed by atoms with E-state index in [2.05, 4.69) is 17.2 Å². The van der Waals surface area contributed by atoms with Crippen LogP contribution in [0.1, 0.15) is 19.8 Å². The Hall–Kier alpha value is -2.11. The smallest absolute Gasteiger partial charge is 0.295 e. The van der Waals surface area contributed by atoms with Crippen LogP contribution < -0.4 is 5.32 Å². The Morgan fingerprint density at radius 2 is 2.37 bits per heavy atom. The van der Waals surface area contributed by atoms with E-state index in [0.717, 1.165) is 12.5 Å². The normalized spacial score (nSPS) is 16.5. The highest BCUT2D eigenvalue weighted by Gasteiger charge is 2.27. The third kappa shape index (κ3) is 2.52. The number of nitrogens with zero attached hydrogens (tertiary/aromatic N) is 2. The average Bonchev–Trinajstić information content (AvgIpc) is 3.15. The second-order valence-corrected chi connectivity index (χ2v) is 5.12. The van der Waals surface area contributed by atoms with Crippen LogP contribution in [0.4, 0.5) is 11.7 Å². The summed E-state index contributed by atoms with van der Waals surface area (Å²) in [5, 5.41) is 13.8. The van der Waals surface area contributed by atoms with E-state index in [-0.39, 0.29) is 5.69 Å². The SMILES string of the molecule is CC(CNc1nc2ccc([N+](=O)[O-])cc2o1)C1CC1. The summed E-state index contributed by atoms with van der Waals surface area (Å²) in [6.07, 6.45) is 2.62. The van der Waals surface area contributed by atoms with Gasteiger partial charge in [0.2, 0.25) is 0 Å². The van der Waals surface area contributed by atoms with Crippen LogP contribution in [0, 0.1) is 22.0 Å². The maximum atomic E-state index is 10.7. The molecule has 2 aromatic rings. The highest BCUT2D eigenvalue weighted by molar-refractivity contribution is 5.77. The average molecular weight is 261 g/mol. The number of fused-ring (bicyclic) bond motifs is 1. The fourth-order valence-corrected chi connectivity index (χ4v) is 2.18. The maximum absolute atomic E-state index is 10.7. The van der Waals surface area contributed by atoms with Gasteiger partial charge in [0.25, 0.3) is 11.7 Å². The van der Waals surface area contributed by atoms with Crippen LogP contribution in [-0.2, 0) is 0 Å². The number of rotatable bonds is 5. The summed E-state index contributed by atoms with van der Waals surface area (Å²) in [7, 11) is 0. The molecule has 6 heteroatoms. The maximum Gasteiger partial charge on any atom is 0.295 e.